The molecule has 0 bridgehead atoms. The first-order valence-corrected chi connectivity index (χ1v) is 11.1. The average molecular weight is 442 g/mol. The SMILES string of the molecule is CCCOC(=O)C1=C(C)NC2=C(C(=O)[C@@H](C(=O)OC)[C@@H](C)C2)[C@@H]1c1ccc(OCC)cc1. The van der Waals surface area contributed by atoms with E-state index in [-0.39, 0.29) is 18.3 Å². The fourth-order valence-electron chi connectivity index (χ4n) is 4.48. The monoisotopic (exact) mass is 441 g/mol. The number of rotatable bonds is 7. The predicted octanol–water partition coefficient (Wildman–Crippen LogP) is 3.65. The minimum absolute atomic E-state index is 0.219. The van der Waals surface area contributed by atoms with Crippen LogP contribution in [0.3, 0.4) is 0 Å². The van der Waals surface area contributed by atoms with E-state index in [1.54, 1.807) is 0 Å². The molecule has 1 aromatic rings. The zero-order chi connectivity index (χ0) is 23.4. The van der Waals surface area contributed by atoms with Crippen LogP contribution in [0.15, 0.2) is 46.8 Å². The highest BCUT2D eigenvalue weighted by Gasteiger charge is 2.47. The van der Waals surface area contributed by atoms with Gasteiger partial charge in [-0.05, 0) is 50.3 Å². The second-order valence-corrected chi connectivity index (χ2v) is 8.17. The fourth-order valence-corrected chi connectivity index (χ4v) is 4.48. The second kappa shape index (κ2) is 10.0. The quantitative estimate of drug-likeness (QED) is 0.510. The summed E-state index contributed by atoms with van der Waals surface area (Å²) in [5.74, 6) is -2.40. The van der Waals surface area contributed by atoms with Crippen LogP contribution in [0.5, 0.6) is 5.75 Å². The number of carbonyl (C=O) groups excluding carboxylic acids is 3. The lowest BCUT2D eigenvalue weighted by atomic mass is 9.69. The molecule has 0 radical (unpaired) electrons. The molecule has 2 aliphatic rings. The van der Waals surface area contributed by atoms with Gasteiger partial charge in [-0.3, -0.25) is 9.59 Å². The molecule has 1 N–H and O–H groups in total. The maximum atomic E-state index is 13.6. The molecule has 1 aliphatic carbocycles. The second-order valence-electron chi connectivity index (χ2n) is 8.17. The van der Waals surface area contributed by atoms with Gasteiger partial charge in [0, 0.05) is 22.9 Å². The van der Waals surface area contributed by atoms with Crippen molar-refractivity contribution < 1.29 is 28.6 Å². The molecule has 0 spiro atoms. The van der Waals surface area contributed by atoms with E-state index in [4.69, 9.17) is 14.2 Å². The molecule has 0 fully saturated rings. The molecule has 0 amide bonds. The Morgan fingerprint density at radius 3 is 2.44 bits per heavy atom. The van der Waals surface area contributed by atoms with E-state index in [1.165, 1.54) is 7.11 Å². The Morgan fingerprint density at radius 1 is 1.16 bits per heavy atom. The molecule has 172 valence electrons. The molecule has 7 nitrogen and oxygen atoms in total. The standard InChI is InChI=1S/C25H31NO6/c1-6-12-32-25(29)20-15(4)26-18-13-14(3)19(24(28)30-5)23(27)22(18)21(20)16-8-10-17(11-9-16)31-7-2/h8-11,14,19,21,26H,6-7,12-13H2,1-5H3/t14-,19-,21+/m0/s1. The summed E-state index contributed by atoms with van der Waals surface area (Å²) < 4.78 is 15.9. The van der Waals surface area contributed by atoms with Crippen molar-refractivity contribution in [2.24, 2.45) is 11.8 Å². The molecule has 3 atom stereocenters. The first-order valence-electron chi connectivity index (χ1n) is 11.1. The highest BCUT2D eigenvalue weighted by molar-refractivity contribution is 6.12. The van der Waals surface area contributed by atoms with Gasteiger partial charge < -0.3 is 19.5 Å². The lowest BCUT2D eigenvalue weighted by Gasteiger charge is -2.38. The van der Waals surface area contributed by atoms with Gasteiger partial charge in [-0.15, -0.1) is 0 Å². The Morgan fingerprint density at radius 2 is 1.84 bits per heavy atom. The average Bonchev–Trinajstić information content (AvgIpc) is 2.77. The summed E-state index contributed by atoms with van der Waals surface area (Å²) in [7, 11) is 1.28. The number of methoxy groups -OCH3 is 1. The van der Waals surface area contributed by atoms with E-state index in [1.807, 2.05) is 52.0 Å². The van der Waals surface area contributed by atoms with E-state index < -0.39 is 23.8 Å². The van der Waals surface area contributed by atoms with Crippen LogP contribution in [0.4, 0.5) is 0 Å². The van der Waals surface area contributed by atoms with Crippen molar-refractivity contribution in [3.63, 3.8) is 0 Å². The summed E-state index contributed by atoms with van der Waals surface area (Å²) in [6.07, 6.45) is 1.19. The molecule has 7 heteroatoms. The lowest BCUT2D eigenvalue weighted by molar-refractivity contribution is -0.151. The number of ether oxygens (including phenoxy) is 3. The molecule has 1 heterocycles. The van der Waals surface area contributed by atoms with Crippen LogP contribution in [-0.2, 0) is 23.9 Å². The Kier molecular flexibility index (Phi) is 7.38. The van der Waals surface area contributed by atoms with E-state index in [9.17, 15) is 14.4 Å². The fraction of sp³-hybridized carbons (Fsp3) is 0.480. The van der Waals surface area contributed by atoms with Gasteiger partial charge >= 0.3 is 11.9 Å². The maximum Gasteiger partial charge on any atom is 0.336 e. The number of hydrogen-bond donors (Lipinski definition) is 1. The van der Waals surface area contributed by atoms with E-state index >= 15 is 0 Å². The largest absolute Gasteiger partial charge is 0.494 e. The molecular weight excluding hydrogens is 410 g/mol. The van der Waals surface area contributed by atoms with Crippen molar-refractivity contribution in [3.05, 3.63) is 52.4 Å². The topological polar surface area (TPSA) is 90.9 Å². The van der Waals surface area contributed by atoms with Gasteiger partial charge in [0.2, 0.25) is 0 Å². The predicted molar refractivity (Wildman–Crippen MR) is 119 cm³/mol. The Balaban J connectivity index is 2.13. The zero-order valence-corrected chi connectivity index (χ0v) is 19.3. The third kappa shape index (κ3) is 4.42. The molecule has 1 aliphatic heterocycles. The third-order valence-corrected chi connectivity index (χ3v) is 5.92. The molecule has 0 saturated heterocycles. The molecule has 1 aromatic carbocycles. The summed E-state index contributed by atoms with van der Waals surface area (Å²) in [4.78, 5) is 39.1. The summed E-state index contributed by atoms with van der Waals surface area (Å²) in [6.45, 7) is 8.32. The summed E-state index contributed by atoms with van der Waals surface area (Å²) >= 11 is 0. The molecular formula is C25H31NO6. The number of esters is 2. The van der Waals surface area contributed by atoms with Gasteiger partial charge in [0.05, 0.1) is 25.9 Å². The number of nitrogens with one attached hydrogen (secondary N) is 1. The number of hydrogen-bond acceptors (Lipinski definition) is 7. The smallest absolute Gasteiger partial charge is 0.336 e. The summed E-state index contributed by atoms with van der Waals surface area (Å²) in [5.41, 5.74) is 2.97. The van der Waals surface area contributed by atoms with Crippen LogP contribution < -0.4 is 10.1 Å². The Bertz CT molecular complexity index is 959. The highest BCUT2D eigenvalue weighted by Crippen LogP contribution is 2.45. The Hall–Kier alpha value is -3.09. The van der Waals surface area contributed by atoms with Crippen molar-refractivity contribution in [2.45, 2.75) is 46.5 Å². The minimum atomic E-state index is -0.905. The van der Waals surface area contributed by atoms with Crippen molar-refractivity contribution >= 4 is 17.7 Å². The normalized spacial score (nSPS) is 22.8. The van der Waals surface area contributed by atoms with Gasteiger partial charge in [-0.1, -0.05) is 26.0 Å². The van der Waals surface area contributed by atoms with Crippen molar-refractivity contribution in [1.29, 1.82) is 0 Å². The van der Waals surface area contributed by atoms with Crippen molar-refractivity contribution in [3.8, 4) is 5.75 Å². The van der Waals surface area contributed by atoms with Crippen LogP contribution in [0.1, 0.15) is 52.0 Å². The van der Waals surface area contributed by atoms with Gasteiger partial charge in [-0.25, -0.2) is 4.79 Å². The van der Waals surface area contributed by atoms with E-state index in [0.29, 0.717) is 42.0 Å². The third-order valence-electron chi connectivity index (χ3n) is 5.92. The first kappa shape index (κ1) is 23.6. The molecule has 0 aromatic heterocycles. The van der Waals surface area contributed by atoms with Gasteiger partial charge in [-0.2, -0.15) is 0 Å². The highest BCUT2D eigenvalue weighted by atomic mass is 16.5. The van der Waals surface area contributed by atoms with Gasteiger partial charge in [0.15, 0.2) is 5.78 Å². The van der Waals surface area contributed by atoms with Crippen LogP contribution in [0, 0.1) is 11.8 Å². The molecule has 0 saturated carbocycles. The van der Waals surface area contributed by atoms with Crippen LogP contribution in [0.25, 0.3) is 0 Å². The van der Waals surface area contributed by atoms with Crippen LogP contribution >= 0.6 is 0 Å². The first-order chi connectivity index (χ1) is 15.3. The lowest BCUT2D eigenvalue weighted by Crippen LogP contribution is -2.43. The zero-order valence-electron chi connectivity index (χ0n) is 19.3. The maximum absolute atomic E-state index is 13.6. The van der Waals surface area contributed by atoms with Crippen LogP contribution in [-0.4, -0.2) is 38.0 Å². The summed E-state index contributed by atoms with van der Waals surface area (Å²) in [6, 6.07) is 7.34. The number of carbonyl (C=O) groups is 3. The van der Waals surface area contributed by atoms with Crippen LogP contribution in [0.2, 0.25) is 0 Å². The minimum Gasteiger partial charge on any atom is -0.494 e. The number of Topliss-reactive ketones (excluding diaryl/α,β-unsaturated/α-hetero) is 1. The van der Waals surface area contributed by atoms with E-state index in [2.05, 4.69) is 5.32 Å². The number of benzene rings is 1. The summed E-state index contributed by atoms with van der Waals surface area (Å²) in [5, 5.41) is 3.26. The molecule has 3 rings (SSSR count). The molecule has 0 unspecified atom stereocenters. The Labute approximate surface area is 188 Å². The number of ketones is 1. The number of dihydropyridines is 1. The van der Waals surface area contributed by atoms with Crippen molar-refractivity contribution in [1.82, 2.24) is 5.32 Å². The molecule has 32 heavy (non-hydrogen) atoms. The van der Waals surface area contributed by atoms with Gasteiger partial charge in [0.25, 0.3) is 0 Å². The number of allylic oxidation sites excluding steroid dienone is 3. The van der Waals surface area contributed by atoms with Crippen molar-refractivity contribution in [2.75, 3.05) is 20.3 Å². The van der Waals surface area contributed by atoms with Gasteiger partial charge in [0.1, 0.15) is 11.7 Å². The van der Waals surface area contributed by atoms with E-state index in [0.717, 1.165) is 11.3 Å².